The van der Waals surface area contributed by atoms with Crippen LogP contribution in [0.15, 0.2) is 0 Å². The lowest BCUT2D eigenvalue weighted by atomic mass is 9.93. The molecule has 1 heterocycles. The number of piperazine rings is 1. The molecule has 2 N–H and O–H groups in total. The first-order valence-electron chi connectivity index (χ1n) is 7.88. The largest absolute Gasteiger partial charge is 0.352 e. The van der Waals surface area contributed by atoms with Crippen molar-refractivity contribution in [2.45, 2.75) is 52.1 Å². The summed E-state index contributed by atoms with van der Waals surface area (Å²) in [5.74, 6) is 1.64. The van der Waals surface area contributed by atoms with Crippen LogP contribution in [0.4, 0.5) is 0 Å². The number of rotatable bonds is 4. The van der Waals surface area contributed by atoms with Crippen LogP contribution in [0, 0.1) is 11.8 Å². The molecule has 2 rings (SSSR count). The van der Waals surface area contributed by atoms with E-state index < -0.39 is 0 Å². The summed E-state index contributed by atoms with van der Waals surface area (Å²) in [5.41, 5.74) is 0. The summed E-state index contributed by atoms with van der Waals surface area (Å²) in [7, 11) is 0. The van der Waals surface area contributed by atoms with Crippen molar-refractivity contribution in [1.29, 1.82) is 0 Å². The monoisotopic (exact) mass is 267 g/mol. The van der Waals surface area contributed by atoms with Crippen molar-refractivity contribution in [2.75, 3.05) is 26.2 Å². The first-order chi connectivity index (χ1) is 9.13. The van der Waals surface area contributed by atoms with Crippen molar-refractivity contribution in [3.05, 3.63) is 0 Å². The molecule has 110 valence electrons. The van der Waals surface area contributed by atoms with Gasteiger partial charge in [0.25, 0.3) is 0 Å². The van der Waals surface area contributed by atoms with Gasteiger partial charge in [-0.1, -0.05) is 20.3 Å². The summed E-state index contributed by atoms with van der Waals surface area (Å²) in [6.07, 6.45) is 3.66. The summed E-state index contributed by atoms with van der Waals surface area (Å²) in [6.45, 7) is 10.5. The molecule has 4 atom stereocenters. The molecule has 0 aromatic carbocycles. The summed E-state index contributed by atoms with van der Waals surface area (Å²) in [6, 6.07) is 0.401. The molecule has 4 unspecified atom stereocenters. The van der Waals surface area contributed by atoms with Crippen LogP contribution in [0.1, 0.15) is 40.0 Å². The van der Waals surface area contributed by atoms with E-state index in [1.807, 2.05) is 6.92 Å². The van der Waals surface area contributed by atoms with E-state index in [4.69, 9.17) is 0 Å². The quantitative estimate of drug-likeness (QED) is 0.805. The third-order valence-electron chi connectivity index (χ3n) is 5.16. The van der Waals surface area contributed by atoms with Gasteiger partial charge in [-0.3, -0.25) is 9.69 Å². The third kappa shape index (κ3) is 3.48. The molecule has 0 radical (unpaired) electrons. The number of hydrogen-bond donors (Lipinski definition) is 2. The van der Waals surface area contributed by atoms with Gasteiger partial charge >= 0.3 is 0 Å². The summed E-state index contributed by atoms with van der Waals surface area (Å²) < 4.78 is 0. The van der Waals surface area contributed by atoms with Gasteiger partial charge in [0, 0.05) is 32.2 Å². The molecule has 4 nitrogen and oxygen atoms in total. The van der Waals surface area contributed by atoms with Crippen molar-refractivity contribution < 1.29 is 4.79 Å². The summed E-state index contributed by atoms with van der Waals surface area (Å²) in [4.78, 5) is 14.6. The highest BCUT2D eigenvalue weighted by molar-refractivity contribution is 5.81. The molecule has 1 saturated carbocycles. The van der Waals surface area contributed by atoms with E-state index in [1.54, 1.807) is 0 Å². The Morgan fingerprint density at radius 3 is 2.63 bits per heavy atom. The number of amides is 1. The molecule has 0 aromatic rings. The van der Waals surface area contributed by atoms with E-state index >= 15 is 0 Å². The number of nitrogens with one attached hydrogen (secondary N) is 2. The van der Waals surface area contributed by atoms with Gasteiger partial charge in [0.05, 0.1) is 6.04 Å². The standard InChI is InChI=1S/C15H29N3O/c1-4-13-5-6-14(11(13)2)17-15(19)12(3)18-9-7-16-8-10-18/h11-14,16H,4-10H2,1-3H3,(H,17,19). The lowest BCUT2D eigenvalue weighted by molar-refractivity contribution is -0.127. The Bertz CT molecular complexity index is 302. The van der Waals surface area contributed by atoms with E-state index in [2.05, 4.69) is 29.4 Å². The molecule has 4 heteroatoms. The normalized spacial score (nSPS) is 34.2. The zero-order valence-corrected chi connectivity index (χ0v) is 12.6. The molecule has 0 bridgehead atoms. The van der Waals surface area contributed by atoms with Gasteiger partial charge in [-0.05, 0) is 31.6 Å². The molecule has 1 amide bonds. The second kappa shape index (κ2) is 6.71. The highest BCUT2D eigenvalue weighted by atomic mass is 16.2. The Hall–Kier alpha value is -0.610. The minimum absolute atomic E-state index is 0.00924. The predicted octanol–water partition coefficient (Wildman–Crippen LogP) is 1.22. The van der Waals surface area contributed by atoms with Crippen LogP contribution in [0.3, 0.4) is 0 Å². The van der Waals surface area contributed by atoms with Crippen LogP contribution in [0.2, 0.25) is 0 Å². The van der Waals surface area contributed by atoms with Crippen LogP contribution in [0.5, 0.6) is 0 Å². The highest BCUT2D eigenvalue weighted by Gasteiger charge is 2.34. The SMILES string of the molecule is CCC1CCC(NC(=O)C(C)N2CCNCC2)C1C. The Morgan fingerprint density at radius 1 is 1.37 bits per heavy atom. The molecule has 0 spiro atoms. The van der Waals surface area contributed by atoms with Gasteiger partial charge < -0.3 is 10.6 Å². The van der Waals surface area contributed by atoms with Gasteiger partial charge in [0.15, 0.2) is 0 Å². The minimum Gasteiger partial charge on any atom is -0.352 e. The first-order valence-corrected chi connectivity index (χ1v) is 7.88. The van der Waals surface area contributed by atoms with Crippen LogP contribution < -0.4 is 10.6 Å². The second-order valence-corrected chi connectivity index (χ2v) is 6.18. The van der Waals surface area contributed by atoms with E-state index in [0.29, 0.717) is 12.0 Å². The molecule has 0 aromatic heterocycles. The van der Waals surface area contributed by atoms with E-state index in [9.17, 15) is 4.79 Å². The molecular weight excluding hydrogens is 238 g/mol. The van der Waals surface area contributed by atoms with Gasteiger partial charge in [0.1, 0.15) is 0 Å². The molecule has 2 fully saturated rings. The van der Waals surface area contributed by atoms with Crippen LogP contribution in [-0.2, 0) is 4.79 Å². The number of hydrogen-bond acceptors (Lipinski definition) is 3. The predicted molar refractivity (Wildman–Crippen MR) is 78.0 cm³/mol. The smallest absolute Gasteiger partial charge is 0.237 e. The van der Waals surface area contributed by atoms with E-state index in [0.717, 1.165) is 38.5 Å². The van der Waals surface area contributed by atoms with Gasteiger partial charge in [-0.2, -0.15) is 0 Å². The maximum absolute atomic E-state index is 12.4. The van der Waals surface area contributed by atoms with Crippen LogP contribution in [0.25, 0.3) is 0 Å². The van der Waals surface area contributed by atoms with Crippen molar-refractivity contribution in [2.24, 2.45) is 11.8 Å². The van der Waals surface area contributed by atoms with E-state index in [1.165, 1.54) is 12.8 Å². The highest BCUT2D eigenvalue weighted by Crippen LogP contribution is 2.33. The average molecular weight is 267 g/mol. The molecule has 1 saturated heterocycles. The Labute approximate surface area is 117 Å². The molecule has 2 aliphatic rings. The molecule has 1 aliphatic carbocycles. The number of nitrogens with zero attached hydrogens (tertiary/aromatic N) is 1. The zero-order chi connectivity index (χ0) is 13.8. The second-order valence-electron chi connectivity index (χ2n) is 6.18. The van der Waals surface area contributed by atoms with Crippen molar-refractivity contribution in [3.63, 3.8) is 0 Å². The van der Waals surface area contributed by atoms with Crippen LogP contribution >= 0.6 is 0 Å². The molecular formula is C15H29N3O. The van der Waals surface area contributed by atoms with E-state index in [-0.39, 0.29) is 11.9 Å². The zero-order valence-electron chi connectivity index (χ0n) is 12.6. The lowest BCUT2D eigenvalue weighted by Gasteiger charge is -2.33. The fourth-order valence-corrected chi connectivity index (χ4v) is 3.57. The number of carbonyl (C=O) groups is 1. The topological polar surface area (TPSA) is 44.4 Å². The minimum atomic E-state index is 0.00924. The van der Waals surface area contributed by atoms with Crippen molar-refractivity contribution in [3.8, 4) is 0 Å². The Morgan fingerprint density at radius 2 is 2.05 bits per heavy atom. The average Bonchev–Trinajstić information content (AvgIpc) is 2.79. The summed E-state index contributed by atoms with van der Waals surface area (Å²) in [5, 5.41) is 6.62. The van der Waals surface area contributed by atoms with Crippen molar-refractivity contribution in [1.82, 2.24) is 15.5 Å². The Balaban J connectivity index is 1.83. The van der Waals surface area contributed by atoms with Gasteiger partial charge in [0.2, 0.25) is 5.91 Å². The Kier molecular flexibility index (Phi) is 5.22. The van der Waals surface area contributed by atoms with Crippen molar-refractivity contribution >= 4 is 5.91 Å². The summed E-state index contributed by atoms with van der Waals surface area (Å²) >= 11 is 0. The maximum Gasteiger partial charge on any atom is 0.237 e. The molecule has 19 heavy (non-hydrogen) atoms. The van der Waals surface area contributed by atoms with Gasteiger partial charge in [-0.25, -0.2) is 0 Å². The first kappa shape index (κ1) is 14.8. The molecule has 1 aliphatic heterocycles. The third-order valence-corrected chi connectivity index (χ3v) is 5.16. The van der Waals surface area contributed by atoms with Gasteiger partial charge in [-0.15, -0.1) is 0 Å². The lowest BCUT2D eigenvalue weighted by Crippen LogP contribution is -2.54. The fraction of sp³-hybridized carbons (Fsp3) is 0.933. The number of carbonyl (C=O) groups excluding carboxylic acids is 1. The maximum atomic E-state index is 12.4. The van der Waals surface area contributed by atoms with Crippen LogP contribution in [-0.4, -0.2) is 49.1 Å². The fourth-order valence-electron chi connectivity index (χ4n) is 3.57.